The van der Waals surface area contributed by atoms with Crippen LogP contribution in [0.15, 0.2) is 11.1 Å². The number of amides is 1. The zero-order chi connectivity index (χ0) is 37.6. The predicted octanol–water partition coefficient (Wildman–Crippen LogP) is 8.68. The van der Waals surface area contributed by atoms with Gasteiger partial charge in [-0.05, 0) is 134 Å². The van der Waals surface area contributed by atoms with Crippen LogP contribution in [0.2, 0.25) is 0 Å². The summed E-state index contributed by atoms with van der Waals surface area (Å²) in [5.74, 6) is 1.91. The Morgan fingerprint density at radius 3 is 2.21 bits per heavy atom. The number of hydrogen-bond donors (Lipinski definition) is 3. The van der Waals surface area contributed by atoms with E-state index in [9.17, 15) is 24.3 Å². The van der Waals surface area contributed by atoms with Crippen LogP contribution in [0.4, 0.5) is 0 Å². The summed E-state index contributed by atoms with van der Waals surface area (Å²) in [6.45, 7) is 16.9. The minimum Gasteiger partial charge on any atom is -0.481 e. The summed E-state index contributed by atoms with van der Waals surface area (Å²) in [7, 11) is 0. The maximum Gasteiger partial charge on any atom is 0.306 e. The van der Waals surface area contributed by atoms with Crippen molar-refractivity contribution in [3.8, 4) is 0 Å². The zero-order valence-corrected chi connectivity index (χ0v) is 33.6. The number of carbonyl (C=O) groups is 4. The van der Waals surface area contributed by atoms with Gasteiger partial charge in [-0.15, -0.1) is 0 Å². The van der Waals surface area contributed by atoms with E-state index < -0.39 is 5.97 Å². The molecule has 4 N–H and O–H groups in total. The summed E-state index contributed by atoms with van der Waals surface area (Å²) >= 11 is 0. The fourth-order valence-corrected chi connectivity index (χ4v) is 15.1. The van der Waals surface area contributed by atoms with Gasteiger partial charge in [0.1, 0.15) is 5.78 Å². The lowest BCUT2D eigenvalue weighted by Gasteiger charge is -2.69. The molecule has 7 aliphatic rings. The first-order valence-corrected chi connectivity index (χ1v) is 21.5. The first-order chi connectivity index (χ1) is 24.4. The maximum atomic E-state index is 13.9. The molecule has 11 atom stereocenters. The van der Waals surface area contributed by atoms with Gasteiger partial charge in [-0.3, -0.25) is 19.2 Å². The first kappa shape index (κ1) is 38.3. The van der Waals surface area contributed by atoms with Gasteiger partial charge in [0.15, 0.2) is 5.78 Å². The number of carboxylic acids is 1. The molecule has 0 radical (unpaired) electrons. The smallest absolute Gasteiger partial charge is 0.306 e. The Morgan fingerprint density at radius 2 is 1.56 bits per heavy atom. The number of nitrogens with one attached hydrogen (secondary N) is 1. The van der Waals surface area contributed by atoms with E-state index in [2.05, 4.69) is 46.9 Å². The summed E-state index contributed by atoms with van der Waals surface area (Å²) in [5.41, 5.74) is 8.92. The zero-order valence-electron chi connectivity index (χ0n) is 33.6. The number of aliphatic carboxylic acids is 1. The van der Waals surface area contributed by atoms with Gasteiger partial charge >= 0.3 is 5.97 Å². The van der Waals surface area contributed by atoms with Crippen LogP contribution in [0.3, 0.4) is 0 Å². The topological polar surface area (TPSA) is 127 Å². The largest absolute Gasteiger partial charge is 0.481 e. The van der Waals surface area contributed by atoms with Gasteiger partial charge in [0.2, 0.25) is 5.91 Å². The number of Topliss-reactive ketones (excluding diaryl/α,β-unsaturated/α-hetero) is 2. The number of ketones is 2. The van der Waals surface area contributed by atoms with E-state index in [1.165, 1.54) is 31.3 Å². The van der Waals surface area contributed by atoms with E-state index in [0.717, 1.165) is 63.4 Å². The molecule has 0 bridgehead atoms. The molecule has 0 aromatic carbocycles. The lowest BCUT2D eigenvalue weighted by Crippen LogP contribution is -2.62. The Bertz CT molecular complexity index is 1510. The highest BCUT2D eigenvalue weighted by atomic mass is 16.4. The predicted molar refractivity (Wildman–Crippen MR) is 204 cm³/mol. The summed E-state index contributed by atoms with van der Waals surface area (Å²) in [6.07, 6.45) is 16.3. The highest BCUT2D eigenvalue weighted by Crippen LogP contribution is 2.74. The second-order valence-electron chi connectivity index (χ2n) is 21.1. The van der Waals surface area contributed by atoms with Crippen LogP contribution >= 0.6 is 0 Å². The first-order valence-electron chi connectivity index (χ1n) is 21.5. The molecule has 7 rings (SSSR count). The van der Waals surface area contributed by atoms with Crippen molar-refractivity contribution in [1.29, 1.82) is 0 Å². The number of nitrogens with two attached hydrogens (primary N) is 1. The lowest BCUT2D eigenvalue weighted by atomic mass is 9.35. The van der Waals surface area contributed by atoms with Gasteiger partial charge in [0.25, 0.3) is 0 Å². The molecule has 6 fully saturated rings. The maximum absolute atomic E-state index is 13.9. The van der Waals surface area contributed by atoms with Gasteiger partial charge in [0.05, 0.1) is 5.92 Å². The standard InChI is InChI=1S/C45H70N2O5/c1-26(2)38-34(49)23-44(24-37(50)47-25-45(46)16-9-8-10-17-45)20-14-32-29(39(38)44)11-12-36-42(32,6)19-15-35-41(4,5)28(13-18-43(35,36)7)21-33(48)30-22-31(27(30)3)40(51)52/h26-32,35-36H,8-25,46H2,1-7H3,(H,47,50)(H,51,52). The highest BCUT2D eigenvalue weighted by molar-refractivity contribution is 6.01. The van der Waals surface area contributed by atoms with Crippen LogP contribution < -0.4 is 11.1 Å². The van der Waals surface area contributed by atoms with Crippen molar-refractivity contribution in [1.82, 2.24) is 5.32 Å². The van der Waals surface area contributed by atoms with Crippen LogP contribution in [-0.4, -0.2) is 40.6 Å². The molecule has 7 heteroatoms. The third-order valence-electron chi connectivity index (χ3n) is 17.9. The van der Waals surface area contributed by atoms with Gasteiger partial charge < -0.3 is 16.2 Å². The molecule has 11 unspecified atom stereocenters. The van der Waals surface area contributed by atoms with E-state index in [-0.39, 0.29) is 62.6 Å². The average Bonchev–Trinajstić information content (AvgIpc) is 3.36. The molecule has 0 spiro atoms. The van der Waals surface area contributed by atoms with E-state index in [4.69, 9.17) is 5.73 Å². The quantitative estimate of drug-likeness (QED) is 0.219. The minimum absolute atomic E-state index is 0.0417. The third kappa shape index (κ3) is 5.99. The van der Waals surface area contributed by atoms with Crippen molar-refractivity contribution < 1.29 is 24.3 Å². The summed E-state index contributed by atoms with van der Waals surface area (Å²) in [6, 6.07) is 0. The Balaban J connectivity index is 1.09. The molecule has 290 valence electrons. The molecule has 0 aromatic rings. The monoisotopic (exact) mass is 719 g/mol. The molecule has 6 saturated carbocycles. The number of carboxylic acid groups (broad SMARTS) is 1. The molecule has 0 saturated heterocycles. The summed E-state index contributed by atoms with van der Waals surface area (Å²) < 4.78 is 0. The van der Waals surface area contributed by atoms with Crippen LogP contribution in [-0.2, 0) is 19.2 Å². The van der Waals surface area contributed by atoms with Gasteiger partial charge in [-0.25, -0.2) is 0 Å². The normalized spacial score (nSPS) is 43.4. The van der Waals surface area contributed by atoms with Crippen molar-refractivity contribution in [3.63, 3.8) is 0 Å². The molecule has 0 aromatic heterocycles. The SMILES string of the molecule is CC(C)C1=C2C3CCC4C(C)(CCC5C(C)(C)C(CC(=O)C6CC(C(=O)O)C6C)CCC54C)C3CCC2(CC(=O)NCC2(N)CCCCC2)CC1=O. The fourth-order valence-electron chi connectivity index (χ4n) is 15.1. The van der Waals surface area contributed by atoms with Crippen molar-refractivity contribution >= 4 is 23.4 Å². The number of carbonyl (C=O) groups excluding carboxylic acids is 3. The van der Waals surface area contributed by atoms with E-state index in [1.54, 1.807) is 0 Å². The minimum atomic E-state index is -0.759. The van der Waals surface area contributed by atoms with Crippen LogP contribution in [0, 0.1) is 74.9 Å². The molecule has 0 heterocycles. The fraction of sp³-hybridized carbons (Fsp3) is 0.867. The lowest BCUT2D eigenvalue weighted by molar-refractivity contribution is -0.193. The Kier molecular flexibility index (Phi) is 9.81. The van der Waals surface area contributed by atoms with Crippen molar-refractivity contribution in [2.75, 3.05) is 6.54 Å². The summed E-state index contributed by atoms with van der Waals surface area (Å²) in [5, 5.41) is 12.8. The van der Waals surface area contributed by atoms with Gasteiger partial charge in [-0.2, -0.15) is 0 Å². The van der Waals surface area contributed by atoms with Gasteiger partial charge in [0, 0.05) is 42.7 Å². The molecular formula is C45H70N2O5. The number of allylic oxidation sites excluding steroid dienone is 2. The van der Waals surface area contributed by atoms with E-state index in [1.807, 2.05) is 6.92 Å². The Morgan fingerprint density at radius 1 is 0.865 bits per heavy atom. The molecular weight excluding hydrogens is 649 g/mol. The number of hydrogen-bond acceptors (Lipinski definition) is 5. The Labute approximate surface area is 313 Å². The second kappa shape index (κ2) is 13.3. The molecule has 7 aliphatic carbocycles. The second-order valence-corrected chi connectivity index (χ2v) is 21.1. The number of fused-ring (bicyclic) bond motifs is 7. The third-order valence-corrected chi connectivity index (χ3v) is 17.9. The van der Waals surface area contributed by atoms with E-state index in [0.29, 0.717) is 67.6 Å². The molecule has 1 amide bonds. The molecule has 0 aliphatic heterocycles. The van der Waals surface area contributed by atoms with Crippen molar-refractivity contribution in [2.24, 2.45) is 80.7 Å². The van der Waals surface area contributed by atoms with Crippen LogP contribution in [0.25, 0.3) is 0 Å². The van der Waals surface area contributed by atoms with Crippen LogP contribution in [0.5, 0.6) is 0 Å². The van der Waals surface area contributed by atoms with E-state index >= 15 is 0 Å². The van der Waals surface area contributed by atoms with Crippen molar-refractivity contribution in [3.05, 3.63) is 11.1 Å². The molecule has 7 nitrogen and oxygen atoms in total. The average molecular weight is 719 g/mol. The van der Waals surface area contributed by atoms with Crippen LogP contribution in [0.1, 0.15) is 158 Å². The number of rotatable bonds is 9. The highest BCUT2D eigenvalue weighted by Gasteiger charge is 2.66. The Hall–Kier alpha value is -2.02. The molecule has 52 heavy (non-hydrogen) atoms. The summed E-state index contributed by atoms with van der Waals surface area (Å²) in [4.78, 5) is 52.9. The van der Waals surface area contributed by atoms with Gasteiger partial charge in [-0.1, -0.05) is 73.3 Å². The van der Waals surface area contributed by atoms with Crippen molar-refractivity contribution in [2.45, 2.75) is 163 Å².